The fourth-order valence-corrected chi connectivity index (χ4v) is 4.09. The predicted octanol–water partition coefficient (Wildman–Crippen LogP) is 3.30. The average Bonchev–Trinajstić information content (AvgIpc) is 2.93. The Bertz CT molecular complexity index is 801. The second-order valence-electron chi connectivity index (χ2n) is 4.11. The Morgan fingerprint density at radius 1 is 1.45 bits per heavy atom. The van der Waals surface area contributed by atoms with E-state index in [1.165, 1.54) is 11.4 Å². The zero-order valence-electron chi connectivity index (χ0n) is 11.4. The average molecular weight is 362 g/mol. The number of ether oxygens (including phenoxy) is 1. The van der Waals surface area contributed by atoms with Crippen molar-refractivity contribution in [2.24, 2.45) is 0 Å². The van der Waals surface area contributed by atoms with Crippen molar-refractivity contribution in [3.63, 3.8) is 0 Å². The molecular weight excluding hydrogens is 350 g/mol. The van der Waals surface area contributed by atoms with Gasteiger partial charge in [0, 0.05) is 5.38 Å². The van der Waals surface area contributed by atoms with Gasteiger partial charge in [-0.25, -0.2) is 13.2 Å². The molecule has 0 amide bonds. The summed E-state index contributed by atoms with van der Waals surface area (Å²) < 4.78 is 32.2. The fourth-order valence-electron chi connectivity index (χ4n) is 1.64. The number of thiophene rings is 1. The largest absolute Gasteiger partial charge is 0.490 e. The van der Waals surface area contributed by atoms with Gasteiger partial charge in [-0.3, -0.25) is 4.72 Å². The minimum absolute atomic E-state index is 0.0819. The summed E-state index contributed by atoms with van der Waals surface area (Å²) in [5.74, 6) is -0.958. The number of halogens is 1. The summed E-state index contributed by atoms with van der Waals surface area (Å²) >= 11 is 6.82. The number of carbonyl (C=O) groups is 1. The molecular formula is C13H12ClNO5S2. The summed E-state index contributed by atoms with van der Waals surface area (Å²) in [6.45, 7) is 2.07. The Hall–Kier alpha value is -1.77. The molecule has 118 valence electrons. The van der Waals surface area contributed by atoms with E-state index < -0.39 is 16.0 Å². The van der Waals surface area contributed by atoms with E-state index in [1.54, 1.807) is 19.1 Å². The van der Waals surface area contributed by atoms with E-state index in [-0.39, 0.29) is 26.2 Å². The lowest BCUT2D eigenvalue weighted by Crippen LogP contribution is -2.13. The fraction of sp³-hybridized carbons (Fsp3) is 0.154. The Morgan fingerprint density at radius 3 is 2.77 bits per heavy atom. The number of hydrogen-bond donors (Lipinski definition) is 2. The number of carboxylic acids is 1. The Morgan fingerprint density at radius 2 is 2.18 bits per heavy atom. The number of para-hydroxylation sites is 1. The number of benzene rings is 1. The molecule has 0 aliphatic carbocycles. The normalized spacial score (nSPS) is 11.2. The Labute approximate surface area is 136 Å². The highest BCUT2D eigenvalue weighted by atomic mass is 35.5. The summed E-state index contributed by atoms with van der Waals surface area (Å²) in [5, 5.41) is 10.4. The Kier molecular flexibility index (Phi) is 4.94. The molecule has 9 heteroatoms. The SMILES string of the molecule is CCOc1c(Cl)cccc1NS(=O)(=O)c1cc(C(=O)O)cs1. The van der Waals surface area contributed by atoms with Gasteiger partial charge in [0.2, 0.25) is 0 Å². The zero-order valence-corrected chi connectivity index (χ0v) is 13.8. The molecule has 0 saturated heterocycles. The van der Waals surface area contributed by atoms with Crippen molar-refractivity contribution in [2.75, 3.05) is 11.3 Å². The molecule has 2 rings (SSSR count). The summed E-state index contributed by atoms with van der Waals surface area (Å²) in [4.78, 5) is 10.8. The van der Waals surface area contributed by atoms with Crippen LogP contribution in [0.4, 0.5) is 5.69 Å². The summed E-state index contributed by atoms with van der Waals surface area (Å²) in [6.07, 6.45) is 0. The van der Waals surface area contributed by atoms with Gasteiger partial charge in [0.25, 0.3) is 10.0 Å². The molecule has 6 nitrogen and oxygen atoms in total. The highest BCUT2D eigenvalue weighted by molar-refractivity contribution is 7.94. The molecule has 1 aromatic heterocycles. The standard InChI is InChI=1S/C13H12ClNO5S2/c1-2-20-12-9(14)4-3-5-10(12)15-22(18,19)11-6-8(7-21-11)13(16)17/h3-7,15H,2H2,1H3,(H,16,17). The van der Waals surface area contributed by atoms with Gasteiger partial charge in [0.1, 0.15) is 4.21 Å². The first-order valence-electron chi connectivity index (χ1n) is 6.11. The van der Waals surface area contributed by atoms with Crippen LogP contribution in [0.1, 0.15) is 17.3 Å². The second kappa shape index (κ2) is 6.55. The molecule has 0 saturated carbocycles. The predicted molar refractivity (Wildman–Crippen MR) is 84.7 cm³/mol. The van der Waals surface area contributed by atoms with E-state index in [4.69, 9.17) is 21.4 Å². The smallest absolute Gasteiger partial charge is 0.336 e. The van der Waals surface area contributed by atoms with E-state index in [9.17, 15) is 13.2 Å². The van der Waals surface area contributed by atoms with Crippen molar-refractivity contribution < 1.29 is 23.1 Å². The van der Waals surface area contributed by atoms with Crippen LogP contribution in [0.2, 0.25) is 5.02 Å². The number of sulfonamides is 1. The van der Waals surface area contributed by atoms with Crippen LogP contribution < -0.4 is 9.46 Å². The number of anilines is 1. The van der Waals surface area contributed by atoms with Crippen LogP contribution in [0, 0.1) is 0 Å². The van der Waals surface area contributed by atoms with Gasteiger partial charge in [-0.2, -0.15) is 0 Å². The highest BCUT2D eigenvalue weighted by Gasteiger charge is 2.21. The van der Waals surface area contributed by atoms with Crippen molar-refractivity contribution >= 4 is 44.6 Å². The number of aromatic carboxylic acids is 1. The first kappa shape index (κ1) is 16.6. The highest BCUT2D eigenvalue weighted by Crippen LogP contribution is 2.35. The Balaban J connectivity index is 2.36. The van der Waals surface area contributed by atoms with Crippen LogP contribution in [0.3, 0.4) is 0 Å². The minimum Gasteiger partial charge on any atom is -0.490 e. The van der Waals surface area contributed by atoms with Crippen molar-refractivity contribution in [3.05, 3.63) is 40.2 Å². The molecule has 0 bridgehead atoms. The van der Waals surface area contributed by atoms with E-state index in [1.807, 2.05) is 0 Å². The van der Waals surface area contributed by atoms with Gasteiger partial charge in [-0.15, -0.1) is 11.3 Å². The molecule has 1 aromatic carbocycles. The van der Waals surface area contributed by atoms with Crippen LogP contribution >= 0.6 is 22.9 Å². The topological polar surface area (TPSA) is 92.7 Å². The van der Waals surface area contributed by atoms with E-state index in [0.29, 0.717) is 6.61 Å². The molecule has 0 aliphatic heterocycles. The lowest BCUT2D eigenvalue weighted by Gasteiger charge is -2.13. The summed E-state index contributed by atoms with van der Waals surface area (Å²) in [7, 11) is -3.92. The molecule has 0 unspecified atom stereocenters. The molecule has 0 radical (unpaired) electrons. The van der Waals surface area contributed by atoms with Gasteiger partial charge in [-0.05, 0) is 25.1 Å². The molecule has 0 fully saturated rings. The molecule has 1 heterocycles. The quantitative estimate of drug-likeness (QED) is 0.823. The molecule has 0 aliphatic rings. The third kappa shape index (κ3) is 3.52. The number of rotatable bonds is 6. The summed E-state index contributed by atoms with van der Waals surface area (Å²) in [6, 6.07) is 5.78. The third-order valence-corrected chi connectivity index (χ3v) is 5.69. The van der Waals surface area contributed by atoms with E-state index in [0.717, 1.165) is 17.4 Å². The van der Waals surface area contributed by atoms with Gasteiger partial charge in [0.05, 0.1) is 22.9 Å². The number of carboxylic acid groups (broad SMARTS) is 1. The number of hydrogen-bond acceptors (Lipinski definition) is 5. The van der Waals surface area contributed by atoms with Gasteiger partial charge in [0.15, 0.2) is 5.75 Å². The maximum Gasteiger partial charge on any atom is 0.336 e. The van der Waals surface area contributed by atoms with E-state index >= 15 is 0 Å². The second-order valence-corrected chi connectivity index (χ2v) is 7.34. The monoisotopic (exact) mass is 361 g/mol. The van der Waals surface area contributed by atoms with Crippen LogP contribution in [0.5, 0.6) is 5.75 Å². The molecule has 22 heavy (non-hydrogen) atoms. The van der Waals surface area contributed by atoms with Crippen LogP contribution in [0.15, 0.2) is 33.9 Å². The van der Waals surface area contributed by atoms with Crippen LogP contribution in [-0.4, -0.2) is 26.1 Å². The maximum atomic E-state index is 12.3. The van der Waals surface area contributed by atoms with Gasteiger partial charge >= 0.3 is 5.97 Å². The lowest BCUT2D eigenvalue weighted by molar-refractivity contribution is 0.0697. The first-order chi connectivity index (χ1) is 10.3. The van der Waals surface area contributed by atoms with Crippen molar-refractivity contribution in [1.82, 2.24) is 0 Å². The first-order valence-corrected chi connectivity index (χ1v) is 8.85. The van der Waals surface area contributed by atoms with Crippen molar-refractivity contribution in [2.45, 2.75) is 11.1 Å². The van der Waals surface area contributed by atoms with Crippen molar-refractivity contribution in [3.8, 4) is 5.75 Å². The van der Waals surface area contributed by atoms with Gasteiger partial charge < -0.3 is 9.84 Å². The van der Waals surface area contributed by atoms with E-state index in [2.05, 4.69) is 4.72 Å². The molecule has 2 N–H and O–H groups in total. The molecule has 2 aromatic rings. The summed E-state index contributed by atoms with van der Waals surface area (Å²) in [5.41, 5.74) is 0.112. The minimum atomic E-state index is -3.92. The maximum absolute atomic E-state index is 12.3. The van der Waals surface area contributed by atoms with Crippen LogP contribution in [0.25, 0.3) is 0 Å². The molecule has 0 atom stereocenters. The number of nitrogens with one attached hydrogen (secondary N) is 1. The lowest BCUT2D eigenvalue weighted by atomic mass is 10.3. The zero-order chi connectivity index (χ0) is 16.3. The molecule has 0 spiro atoms. The third-order valence-electron chi connectivity index (χ3n) is 2.59. The van der Waals surface area contributed by atoms with Gasteiger partial charge in [-0.1, -0.05) is 17.7 Å². The van der Waals surface area contributed by atoms with Crippen molar-refractivity contribution in [1.29, 1.82) is 0 Å². The van der Waals surface area contributed by atoms with Crippen LogP contribution in [-0.2, 0) is 10.0 Å².